The van der Waals surface area contributed by atoms with E-state index in [0.29, 0.717) is 5.56 Å². The molecule has 0 saturated carbocycles. The zero-order valence-corrected chi connectivity index (χ0v) is 14.9. The summed E-state index contributed by atoms with van der Waals surface area (Å²) in [7, 11) is 1.91. The molecule has 1 amide bonds. The van der Waals surface area contributed by atoms with Gasteiger partial charge in [-0.2, -0.15) is 5.10 Å². The molecule has 1 aliphatic rings. The van der Waals surface area contributed by atoms with E-state index in [-0.39, 0.29) is 11.9 Å². The lowest BCUT2D eigenvalue weighted by atomic mass is 10.0. The summed E-state index contributed by atoms with van der Waals surface area (Å²) < 4.78 is 1.79. The van der Waals surface area contributed by atoms with Crippen LogP contribution in [0.5, 0.6) is 0 Å². The van der Waals surface area contributed by atoms with Crippen LogP contribution in [0.25, 0.3) is 10.9 Å². The van der Waals surface area contributed by atoms with Gasteiger partial charge in [-0.3, -0.25) is 14.5 Å². The highest BCUT2D eigenvalue weighted by molar-refractivity contribution is 5.99. The highest BCUT2D eigenvalue weighted by Gasteiger charge is 2.32. The van der Waals surface area contributed by atoms with Crippen LogP contribution in [0.4, 0.5) is 0 Å². The summed E-state index contributed by atoms with van der Waals surface area (Å²) in [6.07, 6.45) is 5.87. The van der Waals surface area contributed by atoms with Crippen molar-refractivity contribution in [2.75, 3.05) is 6.54 Å². The van der Waals surface area contributed by atoms with Crippen LogP contribution in [0.15, 0.2) is 36.7 Å². The third-order valence-corrected chi connectivity index (χ3v) is 5.02. The molecular formula is C20H22N4O. The number of carbonyl (C=O) groups is 1. The van der Waals surface area contributed by atoms with Crippen molar-refractivity contribution >= 4 is 16.8 Å². The van der Waals surface area contributed by atoms with Crippen molar-refractivity contribution in [2.24, 2.45) is 7.05 Å². The van der Waals surface area contributed by atoms with E-state index < -0.39 is 0 Å². The molecule has 4 rings (SSSR count). The Bertz CT molecular complexity index is 959. The van der Waals surface area contributed by atoms with E-state index in [1.54, 1.807) is 4.68 Å². The fraction of sp³-hybridized carbons (Fsp3) is 0.350. The lowest BCUT2D eigenvalue weighted by Crippen LogP contribution is -2.31. The smallest absolute Gasteiger partial charge is 0.256 e. The standard InChI is InChI=1S/C20H22N4O/c1-13-6-7-15-10-17(14(2)22-18(15)9-13)20(25)24-8-4-5-19(24)16-11-21-23(3)12-16/h6-7,9-12,19H,4-5,8H2,1-3H3/t19-/m1/s1. The fourth-order valence-corrected chi connectivity index (χ4v) is 3.71. The second-order valence-corrected chi connectivity index (χ2v) is 6.92. The molecule has 0 unspecified atom stereocenters. The Morgan fingerprint density at radius 3 is 2.84 bits per heavy atom. The summed E-state index contributed by atoms with van der Waals surface area (Å²) in [4.78, 5) is 19.9. The van der Waals surface area contributed by atoms with Gasteiger partial charge in [0.05, 0.1) is 29.0 Å². The molecule has 128 valence electrons. The van der Waals surface area contributed by atoms with E-state index in [0.717, 1.165) is 41.5 Å². The average Bonchev–Trinajstić information content (AvgIpc) is 3.22. The number of nitrogens with zero attached hydrogens (tertiary/aromatic N) is 4. The molecule has 1 fully saturated rings. The maximum atomic E-state index is 13.2. The number of carbonyl (C=O) groups excluding carboxylic acids is 1. The summed E-state index contributed by atoms with van der Waals surface area (Å²) >= 11 is 0. The number of benzene rings is 1. The maximum absolute atomic E-state index is 13.2. The van der Waals surface area contributed by atoms with Crippen LogP contribution < -0.4 is 0 Å². The van der Waals surface area contributed by atoms with E-state index in [2.05, 4.69) is 29.1 Å². The van der Waals surface area contributed by atoms with Gasteiger partial charge in [-0.25, -0.2) is 0 Å². The molecule has 5 nitrogen and oxygen atoms in total. The van der Waals surface area contributed by atoms with Crippen molar-refractivity contribution in [1.82, 2.24) is 19.7 Å². The molecule has 5 heteroatoms. The van der Waals surface area contributed by atoms with Gasteiger partial charge >= 0.3 is 0 Å². The van der Waals surface area contributed by atoms with Crippen molar-refractivity contribution in [3.63, 3.8) is 0 Å². The van der Waals surface area contributed by atoms with Crippen molar-refractivity contribution in [1.29, 1.82) is 0 Å². The van der Waals surface area contributed by atoms with Gasteiger partial charge in [-0.15, -0.1) is 0 Å². The summed E-state index contributed by atoms with van der Waals surface area (Å²) in [5, 5.41) is 5.27. The number of hydrogen-bond donors (Lipinski definition) is 0. The largest absolute Gasteiger partial charge is 0.331 e. The SMILES string of the molecule is Cc1ccc2cc(C(=O)N3CCC[C@@H]3c3cnn(C)c3)c(C)nc2c1. The minimum Gasteiger partial charge on any atom is -0.331 e. The van der Waals surface area contributed by atoms with Crippen molar-refractivity contribution in [3.8, 4) is 0 Å². The first-order valence-corrected chi connectivity index (χ1v) is 8.70. The Morgan fingerprint density at radius 1 is 1.24 bits per heavy atom. The number of hydrogen-bond acceptors (Lipinski definition) is 3. The molecule has 0 aliphatic carbocycles. The molecule has 0 N–H and O–H groups in total. The van der Waals surface area contributed by atoms with Crippen LogP contribution in [-0.4, -0.2) is 32.1 Å². The number of aromatic nitrogens is 3. The minimum absolute atomic E-state index is 0.0684. The lowest BCUT2D eigenvalue weighted by Gasteiger charge is -2.24. The third-order valence-electron chi connectivity index (χ3n) is 5.02. The summed E-state index contributed by atoms with van der Waals surface area (Å²) in [5.41, 5.74) is 4.72. The van der Waals surface area contributed by atoms with Crippen LogP contribution in [0.3, 0.4) is 0 Å². The molecule has 3 aromatic rings. The molecule has 1 aromatic carbocycles. The maximum Gasteiger partial charge on any atom is 0.256 e. The third kappa shape index (κ3) is 2.80. The monoisotopic (exact) mass is 334 g/mol. The molecule has 1 saturated heterocycles. The van der Waals surface area contributed by atoms with Gasteiger partial charge < -0.3 is 4.90 Å². The Kier molecular flexibility index (Phi) is 3.79. The van der Waals surface area contributed by atoms with Crippen LogP contribution in [0.2, 0.25) is 0 Å². The van der Waals surface area contributed by atoms with Gasteiger partial charge in [0, 0.05) is 30.7 Å². The van der Waals surface area contributed by atoms with Gasteiger partial charge in [0.1, 0.15) is 0 Å². The highest BCUT2D eigenvalue weighted by atomic mass is 16.2. The van der Waals surface area contributed by atoms with Gasteiger partial charge in [0.15, 0.2) is 0 Å². The lowest BCUT2D eigenvalue weighted by molar-refractivity contribution is 0.0734. The quantitative estimate of drug-likeness (QED) is 0.720. The van der Waals surface area contributed by atoms with Crippen molar-refractivity contribution in [3.05, 3.63) is 59.0 Å². The number of likely N-dealkylation sites (tertiary alicyclic amines) is 1. The van der Waals surface area contributed by atoms with Crippen molar-refractivity contribution in [2.45, 2.75) is 32.7 Å². The topological polar surface area (TPSA) is 51.0 Å². The first-order valence-electron chi connectivity index (χ1n) is 8.70. The van der Waals surface area contributed by atoms with Crippen LogP contribution >= 0.6 is 0 Å². The van der Waals surface area contributed by atoms with Crippen molar-refractivity contribution < 1.29 is 4.79 Å². The fourth-order valence-electron chi connectivity index (χ4n) is 3.71. The van der Waals surface area contributed by atoms with Gasteiger partial charge in [-0.1, -0.05) is 12.1 Å². The predicted molar refractivity (Wildman–Crippen MR) is 97.4 cm³/mol. The van der Waals surface area contributed by atoms with E-state index in [1.165, 1.54) is 5.56 Å². The van der Waals surface area contributed by atoms with Crippen LogP contribution in [0.1, 0.15) is 46.1 Å². The average molecular weight is 334 g/mol. The molecule has 25 heavy (non-hydrogen) atoms. The Hall–Kier alpha value is -2.69. The summed E-state index contributed by atoms with van der Waals surface area (Å²) in [5.74, 6) is 0.0684. The Balaban J connectivity index is 1.71. The zero-order valence-electron chi connectivity index (χ0n) is 14.9. The highest BCUT2D eigenvalue weighted by Crippen LogP contribution is 2.33. The van der Waals surface area contributed by atoms with Gasteiger partial charge in [0.25, 0.3) is 5.91 Å². The number of amides is 1. The number of aryl methyl sites for hydroxylation is 3. The van der Waals surface area contributed by atoms with E-state index in [9.17, 15) is 4.79 Å². The molecule has 0 spiro atoms. The minimum atomic E-state index is 0.0684. The molecule has 1 atom stereocenters. The second kappa shape index (κ2) is 5.99. The first-order chi connectivity index (χ1) is 12.0. The van der Waals surface area contributed by atoms with Crippen LogP contribution in [-0.2, 0) is 7.05 Å². The number of pyridine rings is 1. The molecular weight excluding hydrogens is 312 g/mol. The summed E-state index contributed by atoms with van der Waals surface area (Å²) in [6.45, 7) is 4.76. The molecule has 0 bridgehead atoms. The van der Waals surface area contributed by atoms with E-state index >= 15 is 0 Å². The van der Waals surface area contributed by atoms with Gasteiger partial charge in [-0.05, 0) is 44.4 Å². The Morgan fingerprint density at radius 2 is 2.08 bits per heavy atom. The van der Waals surface area contributed by atoms with Crippen LogP contribution in [0, 0.1) is 13.8 Å². The van der Waals surface area contributed by atoms with Gasteiger partial charge in [0.2, 0.25) is 0 Å². The Labute approximate surface area is 147 Å². The summed E-state index contributed by atoms with van der Waals surface area (Å²) in [6, 6.07) is 8.25. The number of fused-ring (bicyclic) bond motifs is 1. The number of rotatable bonds is 2. The second-order valence-electron chi connectivity index (χ2n) is 6.92. The van der Waals surface area contributed by atoms with E-state index in [1.807, 2.05) is 43.4 Å². The predicted octanol–water partition coefficient (Wildman–Crippen LogP) is 3.56. The molecule has 0 radical (unpaired) electrons. The normalized spacial score (nSPS) is 17.4. The van der Waals surface area contributed by atoms with E-state index in [4.69, 9.17) is 0 Å². The molecule has 2 aromatic heterocycles. The first kappa shape index (κ1) is 15.8. The molecule has 1 aliphatic heterocycles. The molecule has 3 heterocycles. The zero-order chi connectivity index (χ0) is 17.6.